The van der Waals surface area contributed by atoms with Gasteiger partial charge in [-0.15, -0.1) is 0 Å². The Morgan fingerprint density at radius 1 is 1.39 bits per heavy atom. The van der Waals surface area contributed by atoms with Crippen LogP contribution >= 0.6 is 0 Å². The van der Waals surface area contributed by atoms with Crippen LogP contribution in [0.1, 0.15) is 43.0 Å². The van der Waals surface area contributed by atoms with E-state index in [1.165, 1.54) is 17.8 Å². The predicted molar refractivity (Wildman–Crippen MR) is 86.1 cm³/mol. The van der Waals surface area contributed by atoms with Crippen molar-refractivity contribution in [3.05, 3.63) is 63.3 Å². The number of fused-ring (bicyclic) bond motifs is 1. The van der Waals surface area contributed by atoms with Crippen LogP contribution < -0.4 is 5.32 Å². The Labute approximate surface area is 133 Å². The summed E-state index contributed by atoms with van der Waals surface area (Å²) in [6.45, 7) is 4.31. The molecule has 0 radical (unpaired) electrons. The SMILES string of the molecule is CC1(C)CC(Nc2nccc(C#N)c2[N+](=O)[O-])c2ccccc21. The van der Waals surface area contributed by atoms with E-state index in [9.17, 15) is 10.1 Å². The molecule has 1 atom stereocenters. The van der Waals surface area contributed by atoms with Gasteiger partial charge in [0.15, 0.2) is 0 Å². The molecule has 1 heterocycles. The Kier molecular flexibility index (Phi) is 3.49. The summed E-state index contributed by atoms with van der Waals surface area (Å²) >= 11 is 0. The molecule has 1 unspecified atom stereocenters. The van der Waals surface area contributed by atoms with Gasteiger partial charge in [0.05, 0.1) is 11.0 Å². The molecule has 0 fully saturated rings. The maximum absolute atomic E-state index is 11.3. The molecule has 1 aromatic carbocycles. The lowest BCUT2D eigenvalue weighted by molar-refractivity contribution is -0.384. The molecule has 0 amide bonds. The normalized spacial score (nSPS) is 18.0. The van der Waals surface area contributed by atoms with Crippen LogP contribution in [0.15, 0.2) is 36.5 Å². The molecule has 2 aromatic rings. The van der Waals surface area contributed by atoms with Gasteiger partial charge in [0.1, 0.15) is 11.6 Å². The van der Waals surface area contributed by atoms with Crippen LogP contribution in [-0.2, 0) is 5.41 Å². The van der Waals surface area contributed by atoms with Crippen LogP contribution in [0.4, 0.5) is 11.5 Å². The van der Waals surface area contributed by atoms with Crippen LogP contribution in [-0.4, -0.2) is 9.91 Å². The zero-order valence-electron chi connectivity index (χ0n) is 12.9. The van der Waals surface area contributed by atoms with Gasteiger partial charge < -0.3 is 5.32 Å². The molecule has 0 spiro atoms. The summed E-state index contributed by atoms with van der Waals surface area (Å²) in [5.41, 5.74) is 2.08. The minimum absolute atomic E-state index is 0.0121. The Morgan fingerprint density at radius 2 is 2.13 bits per heavy atom. The molecule has 0 bridgehead atoms. The highest BCUT2D eigenvalue weighted by Crippen LogP contribution is 2.46. The number of pyridine rings is 1. The van der Waals surface area contributed by atoms with E-state index in [1.54, 1.807) is 0 Å². The Bertz CT molecular complexity index is 824. The second kappa shape index (κ2) is 5.36. The highest BCUT2D eigenvalue weighted by molar-refractivity contribution is 5.65. The Morgan fingerprint density at radius 3 is 2.83 bits per heavy atom. The van der Waals surface area contributed by atoms with Gasteiger partial charge in [0, 0.05) is 6.20 Å². The van der Waals surface area contributed by atoms with E-state index in [1.807, 2.05) is 24.3 Å². The number of nitriles is 1. The maximum atomic E-state index is 11.3. The van der Waals surface area contributed by atoms with Crippen LogP contribution in [0.25, 0.3) is 0 Å². The van der Waals surface area contributed by atoms with Crippen molar-refractivity contribution in [2.75, 3.05) is 5.32 Å². The lowest BCUT2D eigenvalue weighted by Crippen LogP contribution is -2.15. The lowest BCUT2D eigenvalue weighted by Gasteiger charge is -2.19. The van der Waals surface area contributed by atoms with Gasteiger partial charge in [-0.3, -0.25) is 10.1 Å². The molecule has 1 aliphatic carbocycles. The average Bonchev–Trinajstić information content (AvgIpc) is 2.78. The molecular formula is C17H16N4O2. The van der Waals surface area contributed by atoms with E-state index >= 15 is 0 Å². The summed E-state index contributed by atoms with van der Waals surface area (Å²) in [7, 11) is 0. The summed E-state index contributed by atoms with van der Waals surface area (Å²) < 4.78 is 0. The van der Waals surface area contributed by atoms with E-state index in [0.717, 1.165) is 12.0 Å². The molecule has 1 aromatic heterocycles. The van der Waals surface area contributed by atoms with Crippen molar-refractivity contribution in [2.45, 2.75) is 31.7 Å². The molecule has 23 heavy (non-hydrogen) atoms. The number of nitrogens with one attached hydrogen (secondary N) is 1. The van der Waals surface area contributed by atoms with Crippen LogP contribution in [0.5, 0.6) is 0 Å². The van der Waals surface area contributed by atoms with Crippen molar-refractivity contribution in [3.63, 3.8) is 0 Å². The molecule has 6 nitrogen and oxygen atoms in total. The van der Waals surface area contributed by atoms with E-state index in [0.29, 0.717) is 0 Å². The second-order valence-electron chi connectivity index (χ2n) is 6.30. The third kappa shape index (κ3) is 2.50. The molecule has 1 N–H and O–H groups in total. The van der Waals surface area contributed by atoms with Crippen molar-refractivity contribution in [1.29, 1.82) is 5.26 Å². The summed E-state index contributed by atoms with van der Waals surface area (Å²) in [6.07, 6.45) is 2.22. The standard InChI is InChI=1S/C17H16N4O2/c1-17(2)9-14(12-5-3-4-6-13(12)17)20-16-15(21(22)23)11(10-18)7-8-19-16/h3-8,14H,9H2,1-2H3,(H,19,20). The molecular weight excluding hydrogens is 292 g/mol. The van der Waals surface area contributed by atoms with Crippen molar-refractivity contribution in [2.24, 2.45) is 0 Å². The van der Waals surface area contributed by atoms with E-state index < -0.39 is 4.92 Å². The number of anilines is 1. The maximum Gasteiger partial charge on any atom is 0.328 e. The average molecular weight is 308 g/mol. The lowest BCUT2D eigenvalue weighted by atomic mass is 9.86. The first-order valence-electron chi connectivity index (χ1n) is 7.33. The van der Waals surface area contributed by atoms with Crippen LogP contribution in [0, 0.1) is 21.4 Å². The third-order valence-corrected chi connectivity index (χ3v) is 4.32. The second-order valence-corrected chi connectivity index (χ2v) is 6.30. The monoisotopic (exact) mass is 308 g/mol. The summed E-state index contributed by atoms with van der Waals surface area (Å²) in [5, 5.41) is 23.6. The van der Waals surface area contributed by atoms with Gasteiger partial charge in [-0.1, -0.05) is 38.1 Å². The first-order chi connectivity index (χ1) is 10.9. The predicted octanol–water partition coefficient (Wildman–Crippen LogP) is 3.70. The number of nitro groups is 1. The summed E-state index contributed by atoms with van der Waals surface area (Å²) in [4.78, 5) is 14.9. The quantitative estimate of drug-likeness (QED) is 0.689. The number of nitrogens with zero attached hydrogens (tertiary/aromatic N) is 3. The zero-order valence-corrected chi connectivity index (χ0v) is 12.9. The molecule has 116 valence electrons. The fraction of sp³-hybridized carbons (Fsp3) is 0.294. The van der Waals surface area contributed by atoms with Crippen LogP contribution in [0.2, 0.25) is 0 Å². The van der Waals surface area contributed by atoms with Crippen molar-refractivity contribution >= 4 is 11.5 Å². The van der Waals surface area contributed by atoms with E-state index in [4.69, 9.17) is 5.26 Å². The third-order valence-electron chi connectivity index (χ3n) is 4.32. The number of hydrogen-bond donors (Lipinski definition) is 1. The molecule has 1 aliphatic rings. The summed E-state index contributed by atoms with van der Waals surface area (Å²) in [6, 6.07) is 11.2. The molecule has 6 heteroatoms. The zero-order chi connectivity index (χ0) is 16.6. The first kappa shape index (κ1) is 15.0. The fourth-order valence-electron chi connectivity index (χ4n) is 3.28. The van der Waals surface area contributed by atoms with Gasteiger partial charge in [0.25, 0.3) is 0 Å². The van der Waals surface area contributed by atoms with Gasteiger partial charge in [0.2, 0.25) is 5.82 Å². The topological polar surface area (TPSA) is 91.8 Å². The smallest absolute Gasteiger partial charge is 0.328 e. The largest absolute Gasteiger partial charge is 0.357 e. The number of aromatic nitrogens is 1. The van der Waals surface area contributed by atoms with E-state index in [-0.39, 0.29) is 28.5 Å². The number of benzene rings is 1. The molecule has 0 saturated carbocycles. The van der Waals surface area contributed by atoms with Gasteiger partial charge in [-0.25, -0.2) is 4.98 Å². The minimum atomic E-state index is -0.556. The molecule has 3 rings (SSSR count). The number of hydrogen-bond acceptors (Lipinski definition) is 5. The highest BCUT2D eigenvalue weighted by atomic mass is 16.6. The Balaban J connectivity index is 2.02. The van der Waals surface area contributed by atoms with Gasteiger partial charge in [-0.2, -0.15) is 5.26 Å². The molecule has 0 aliphatic heterocycles. The van der Waals surface area contributed by atoms with Crippen molar-refractivity contribution in [3.8, 4) is 6.07 Å². The van der Waals surface area contributed by atoms with Gasteiger partial charge in [-0.05, 0) is 29.0 Å². The van der Waals surface area contributed by atoms with Gasteiger partial charge >= 0.3 is 5.69 Å². The first-order valence-corrected chi connectivity index (χ1v) is 7.33. The van der Waals surface area contributed by atoms with Crippen molar-refractivity contribution in [1.82, 2.24) is 4.98 Å². The minimum Gasteiger partial charge on any atom is -0.357 e. The van der Waals surface area contributed by atoms with Crippen molar-refractivity contribution < 1.29 is 4.92 Å². The van der Waals surface area contributed by atoms with Crippen LogP contribution in [0.3, 0.4) is 0 Å². The molecule has 0 saturated heterocycles. The Hall–Kier alpha value is -2.94. The van der Waals surface area contributed by atoms with E-state index in [2.05, 4.69) is 30.2 Å². The summed E-state index contributed by atoms with van der Waals surface area (Å²) in [5.74, 6) is 0.145. The highest BCUT2D eigenvalue weighted by Gasteiger charge is 2.37. The number of rotatable bonds is 3. The fourth-order valence-corrected chi connectivity index (χ4v) is 3.28.